The molecule has 0 fully saturated rings. The largest absolute Gasteiger partial charge is 0.491 e. The summed E-state index contributed by atoms with van der Waals surface area (Å²) in [6.45, 7) is 0.253. The summed E-state index contributed by atoms with van der Waals surface area (Å²) in [5, 5.41) is 17.1. The minimum absolute atomic E-state index is 0.0130. The molecule has 0 atom stereocenters. The standard InChI is InChI=1S/C10H11NO2/c11-6-5-9-3-1-2-4-10(9)13-8-7-12/h1-4,12H,5,7-8H2. The Balaban J connectivity index is 2.73. The van der Waals surface area contributed by atoms with Crippen molar-refractivity contribution in [1.82, 2.24) is 0 Å². The van der Waals surface area contributed by atoms with Gasteiger partial charge in [0.2, 0.25) is 0 Å². The van der Waals surface area contributed by atoms with Crippen LogP contribution in [0.4, 0.5) is 0 Å². The van der Waals surface area contributed by atoms with Crippen molar-refractivity contribution in [2.24, 2.45) is 0 Å². The summed E-state index contributed by atoms with van der Waals surface area (Å²) in [7, 11) is 0. The molecule has 1 rings (SSSR count). The lowest BCUT2D eigenvalue weighted by molar-refractivity contribution is 0.200. The summed E-state index contributed by atoms with van der Waals surface area (Å²) in [6.07, 6.45) is 0.335. The van der Waals surface area contributed by atoms with Gasteiger partial charge in [-0.1, -0.05) is 18.2 Å². The minimum atomic E-state index is -0.0130. The normalized spacial score (nSPS) is 9.23. The van der Waals surface area contributed by atoms with Crippen molar-refractivity contribution in [3.63, 3.8) is 0 Å². The van der Waals surface area contributed by atoms with Gasteiger partial charge in [0.05, 0.1) is 19.1 Å². The van der Waals surface area contributed by atoms with E-state index in [9.17, 15) is 0 Å². The van der Waals surface area contributed by atoms with E-state index >= 15 is 0 Å². The zero-order valence-corrected chi connectivity index (χ0v) is 7.23. The number of ether oxygens (including phenoxy) is 1. The van der Waals surface area contributed by atoms with E-state index in [1.807, 2.05) is 18.2 Å². The number of benzene rings is 1. The predicted octanol–water partition coefficient (Wildman–Crippen LogP) is 1.12. The molecule has 3 heteroatoms. The molecule has 0 saturated carbocycles. The van der Waals surface area contributed by atoms with Crippen LogP contribution in [0.5, 0.6) is 5.75 Å². The summed E-state index contributed by atoms with van der Waals surface area (Å²) in [5.74, 6) is 0.679. The molecule has 1 aromatic rings. The van der Waals surface area contributed by atoms with Crippen LogP contribution in [0.1, 0.15) is 5.56 Å². The summed E-state index contributed by atoms with van der Waals surface area (Å²) >= 11 is 0. The monoisotopic (exact) mass is 177 g/mol. The van der Waals surface area contributed by atoms with Gasteiger partial charge < -0.3 is 9.84 Å². The molecular formula is C10H11NO2. The first-order valence-electron chi connectivity index (χ1n) is 4.07. The van der Waals surface area contributed by atoms with Gasteiger partial charge in [0.1, 0.15) is 12.4 Å². The van der Waals surface area contributed by atoms with Crippen molar-refractivity contribution in [3.05, 3.63) is 29.8 Å². The van der Waals surface area contributed by atoms with Crippen LogP contribution in [0.3, 0.4) is 0 Å². The van der Waals surface area contributed by atoms with Gasteiger partial charge in [-0.2, -0.15) is 5.26 Å². The quantitative estimate of drug-likeness (QED) is 0.749. The van der Waals surface area contributed by atoms with E-state index in [1.54, 1.807) is 6.07 Å². The first kappa shape index (κ1) is 9.56. The number of hydrogen-bond acceptors (Lipinski definition) is 3. The highest BCUT2D eigenvalue weighted by molar-refractivity contribution is 5.35. The van der Waals surface area contributed by atoms with E-state index < -0.39 is 0 Å². The van der Waals surface area contributed by atoms with Crippen molar-refractivity contribution in [1.29, 1.82) is 5.26 Å². The molecule has 0 unspecified atom stereocenters. The van der Waals surface area contributed by atoms with Gasteiger partial charge in [-0.25, -0.2) is 0 Å². The summed E-state index contributed by atoms with van der Waals surface area (Å²) in [6, 6.07) is 9.40. The average molecular weight is 177 g/mol. The second-order valence-electron chi connectivity index (χ2n) is 2.51. The molecule has 3 nitrogen and oxygen atoms in total. The van der Waals surface area contributed by atoms with Crippen molar-refractivity contribution in [2.45, 2.75) is 6.42 Å². The maximum absolute atomic E-state index is 8.56. The van der Waals surface area contributed by atoms with Gasteiger partial charge in [-0.05, 0) is 6.07 Å². The first-order chi connectivity index (χ1) is 6.38. The van der Waals surface area contributed by atoms with Gasteiger partial charge in [0, 0.05) is 5.56 Å². The van der Waals surface area contributed by atoms with Crippen LogP contribution in [0.25, 0.3) is 0 Å². The number of rotatable bonds is 4. The summed E-state index contributed by atoms with van der Waals surface area (Å²) in [5.41, 5.74) is 0.860. The Hall–Kier alpha value is -1.53. The van der Waals surface area contributed by atoms with Crippen LogP contribution >= 0.6 is 0 Å². The summed E-state index contributed by atoms with van der Waals surface area (Å²) < 4.78 is 5.24. The molecule has 0 aliphatic rings. The van der Waals surface area contributed by atoms with Crippen molar-refractivity contribution in [3.8, 4) is 11.8 Å². The van der Waals surface area contributed by atoms with Gasteiger partial charge in [-0.3, -0.25) is 0 Å². The maximum Gasteiger partial charge on any atom is 0.123 e. The molecule has 13 heavy (non-hydrogen) atoms. The van der Waals surface area contributed by atoms with Gasteiger partial charge in [0.25, 0.3) is 0 Å². The zero-order valence-electron chi connectivity index (χ0n) is 7.23. The van der Waals surface area contributed by atoms with Crippen molar-refractivity contribution >= 4 is 0 Å². The highest BCUT2D eigenvalue weighted by Crippen LogP contribution is 2.17. The van der Waals surface area contributed by atoms with Crippen LogP contribution < -0.4 is 4.74 Å². The number of aliphatic hydroxyl groups excluding tert-OH is 1. The highest BCUT2D eigenvalue weighted by atomic mass is 16.5. The second kappa shape index (κ2) is 5.18. The molecular weight excluding hydrogens is 166 g/mol. The molecule has 0 aliphatic heterocycles. The highest BCUT2D eigenvalue weighted by Gasteiger charge is 2.00. The average Bonchev–Trinajstić information content (AvgIpc) is 2.17. The van der Waals surface area contributed by atoms with Crippen LogP contribution in [-0.4, -0.2) is 18.3 Å². The molecule has 0 aromatic heterocycles. The molecule has 0 heterocycles. The van der Waals surface area contributed by atoms with Crippen molar-refractivity contribution < 1.29 is 9.84 Å². The van der Waals surface area contributed by atoms with E-state index in [0.29, 0.717) is 12.2 Å². The molecule has 68 valence electrons. The van der Waals surface area contributed by atoms with Crippen molar-refractivity contribution in [2.75, 3.05) is 13.2 Å². The van der Waals surface area contributed by atoms with Crippen LogP contribution in [0, 0.1) is 11.3 Å². The summed E-state index contributed by atoms with van der Waals surface area (Å²) in [4.78, 5) is 0. The Morgan fingerprint density at radius 3 is 2.85 bits per heavy atom. The van der Waals surface area contributed by atoms with Crippen LogP contribution in [0.2, 0.25) is 0 Å². The molecule has 0 bridgehead atoms. The molecule has 0 saturated heterocycles. The molecule has 1 N–H and O–H groups in total. The predicted molar refractivity (Wildman–Crippen MR) is 48.3 cm³/mol. The molecule has 0 spiro atoms. The number of para-hydroxylation sites is 1. The van der Waals surface area contributed by atoms with Crippen LogP contribution in [0.15, 0.2) is 24.3 Å². The number of aliphatic hydroxyl groups is 1. The topological polar surface area (TPSA) is 53.2 Å². The Morgan fingerprint density at radius 2 is 2.15 bits per heavy atom. The third-order valence-corrected chi connectivity index (χ3v) is 1.59. The third kappa shape index (κ3) is 2.77. The van der Waals surface area contributed by atoms with Gasteiger partial charge in [-0.15, -0.1) is 0 Å². The molecule has 1 aromatic carbocycles. The number of nitrogens with zero attached hydrogens (tertiary/aromatic N) is 1. The van der Waals surface area contributed by atoms with Crippen LogP contribution in [-0.2, 0) is 6.42 Å². The fourth-order valence-electron chi connectivity index (χ4n) is 1.03. The molecule has 0 radical (unpaired) electrons. The molecule has 0 aliphatic carbocycles. The van der Waals surface area contributed by atoms with E-state index in [1.165, 1.54) is 0 Å². The Labute approximate surface area is 77.2 Å². The van der Waals surface area contributed by atoms with Gasteiger partial charge in [0.15, 0.2) is 0 Å². The van der Waals surface area contributed by atoms with E-state index in [-0.39, 0.29) is 13.2 Å². The van der Waals surface area contributed by atoms with E-state index in [4.69, 9.17) is 15.1 Å². The SMILES string of the molecule is N#CCc1ccccc1OCCO. The lowest BCUT2D eigenvalue weighted by Gasteiger charge is -2.07. The number of hydrogen-bond donors (Lipinski definition) is 1. The number of nitriles is 1. The molecule has 0 amide bonds. The lowest BCUT2D eigenvalue weighted by Crippen LogP contribution is -2.03. The Morgan fingerprint density at radius 1 is 1.38 bits per heavy atom. The fourth-order valence-corrected chi connectivity index (χ4v) is 1.03. The lowest BCUT2D eigenvalue weighted by atomic mass is 10.1. The van der Waals surface area contributed by atoms with E-state index in [0.717, 1.165) is 5.56 Å². The Bertz CT molecular complexity index is 304. The zero-order chi connectivity index (χ0) is 9.52. The minimum Gasteiger partial charge on any atom is -0.491 e. The fraction of sp³-hybridized carbons (Fsp3) is 0.300. The first-order valence-corrected chi connectivity index (χ1v) is 4.07. The van der Waals surface area contributed by atoms with Gasteiger partial charge >= 0.3 is 0 Å². The third-order valence-electron chi connectivity index (χ3n) is 1.59. The second-order valence-corrected chi connectivity index (χ2v) is 2.51. The Kier molecular flexibility index (Phi) is 3.80. The smallest absolute Gasteiger partial charge is 0.123 e. The maximum atomic E-state index is 8.56. The van der Waals surface area contributed by atoms with E-state index in [2.05, 4.69) is 6.07 Å².